The van der Waals surface area contributed by atoms with Gasteiger partial charge in [0.1, 0.15) is 5.82 Å². The van der Waals surface area contributed by atoms with Crippen LogP contribution in [0.1, 0.15) is 75.0 Å². The number of carbonyl (C=O) groups is 2. The smallest absolute Gasteiger partial charge is 0.336 e. The average molecular weight is 530 g/mol. The summed E-state index contributed by atoms with van der Waals surface area (Å²) >= 11 is 0. The number of carbonyl (C=O) groups excluding carboxylic acids is 1. The normalized spacial score (nSPS) is 13.8. The van der Waals surface area contributed by atoms with Gasteiger partial charge < -0.3 is 15.0 Å². The fraction of sp³-hybridized carbons (Fsp3) is 0.206. The number of fused-ring (bicyclic) bond motifs is 1. The Labute approximate surface area is 233 Å². The molecular formula is C34H31N3O3. The number of benzene rings is 4. The molecule has 0 spiro atoms. The number of aryl methyl sites for hydroxylation is 1. The number of aromatic carboxylic acids is 1. The molecule has 0 aliphatic heterocycles. The third-order valence-corrected chi connectivity index (χ3v) is 7.77. The molecule has 1 aliphatic rings. The fourth-order valence-electron chi connectivity index (χ4n) is 5.35. The molecule has 4 aromatic carbocycles. The quantitative estimate of drug-likeness (QED) is 0.224. The predicted molar refractivity (Wildman–Crippen MR) is 157 cm³/mol. The van der Waals surface area contributed by atoms with Crippen molar-refractivity contribution in [2.45, 2.75) is 45.2 Å². The van der Waals surface area contributed by atoms with Gasteiger partial charge >= 0.3 is 5.97 Å². The van der Waals surface area contributed by atoms with E-state index in [4.69, 9.17) is 4.98 Å². The number of nitrogens with zero attached hydrogens (tertiary/aromatic N) is 2. The first-order valence-corrected chi connectivity index (χ1v) is 13.7. The summed E-state index contributed by atoms with van der Waals surface area (Å²) in [5.41, 5.74) is 7.72. The summed E-state index contributed by atoms with van der Waals surface area (Å²) in [5, 5.41) is 12.7. The Bertz CT molecular complexity index is 1730. The molecule has 0 saturated heterocycles. The fourth-order valence-corrected chi connectivity index (χ4v) is 5.35. The Hall–Kier alpha value is -4.71. The lowest BCUT2D eigenvalue weighted by Gasteiger charge is -2.15. The standard InChI is InChI=1S/C34H31N3O3/c1-21(26-6-5-7-27(18-26)24-14-15-24)35-33(38)28-16-17-32-31(19-28)36-22(2)37(32)20-23-10-12-25(13-11-23)29-8-3-4-9-30(29)34(39)40/h3-13,16-19,21,24H,14-15,20H2,1-2H3,(H,35,38)(H,39,40)/t21-/m0/s1. The van der Waals surface area contributed by atoms with E-state index in [2.05, 4.69) is 34.1 Å². The number of amides is 1. The number of rotatable bonds is 8. The van der Waals surface area contributed by atoms with Crippen LogP contribution in [0.3, 0.4) is 0 Å². The molecule has 1 aromatic heterocycles. The largest absolute Gasteiger partial charge is 0.478 e. The monoisotopic (exact) mass is 529 g/mol. The van der Waals surface area contributed by atoms with Gasteiger partial charge in [0.25, 0.3) is 5.91 Å². The molecule has 1 heterocycles. The molecular weight excluding hydrogens is 498 g/mol. The number of nitrogens with one attached hydrogen (secondary N) is 1. The lowest BCUT2D eigenvalue weighted by Crippen LogP contribution is -2.26. The van der Waals surface area contributed by atoms with Crippen LogP contribution in [0.25, 0.3) is 22.2 Å². The van der Waals surface area contributed by atoms with E-state index in [1.807, 2.05) is 68.4 Å². The zero-order chi connectivity index (χ0) is 27.8. The maximum atomic E-state index is 13.1. The molecule has 2 N–H and O–H groups in total. The van der Waals surface area contributed by atoms with Crippen LogP contribution in [-0.4, -0.2) is 26.5 Å². The van der Waals surface area contributed by atoms with E-state index in [0.29, 0.717) is 23.6 Å². The van der Waals surface area contributed by atoms with Crippen molar-refractivity contribution in [2.75, 3.05) is 0 Å². The van der Waals surface area contributed by atoms with Crippen molar-refractivity contribution in [3.8, 4) is 11.1 Å². The van der Waals surface area contributed by atoms with Gasteiger partial charge in [0.05, 0.1) is 22.6 Å². The summed E-state index contributed by atoms with van der Waals surface area (Å²) in [4.78, 5) is 29.5. The van der Waals surface area contributed by atoms with Crippen molar-refractivity contribution in [3.05, 3.63) is 125 Å². The number of carboxylic acid groups (broad SMARTS) is 1. The van der Waals surface area contributed by atoms with Gasteiger partial charge in [0.2, 0.25) is 0 Å². The Balaban J connectivity index is 1.19. The molecule has 0 radical (unpaired) electrons. The number of imidazole rings is 1. The molecule has 200 valence electrons. The summed E-state index contributed by atoms with van der Waals surface area (Å²) in [6.07, 6.45) is 2.51. The topological polar surface area (TPSA) is 84.2 Å². The molecule has 1 saturated carbocycles. The Morgan fingerprint density at radius 1 is 0.975 bits per heavy atom. The van der Waals surface area contributed by atoms with Crippen LogP contribution in [0.2, 0.25) is 0 Å². The Morgan fingerprint density at radius 2 is 1.75 bits per heavy atom. The van der Waals surface area contributed by atoms with Crippen LogP contribution < -0.4 is 5.32 Å². The maximum absolute atomic E-state index is 13.1. The molecule has 1 atom stereocenters. The van der Waals surface area contributed by atoms with Crippen molar-refractivity contribution in [3.63, 3.8) is 0 Å². The minimum Gasteiger partial charge on any atom is -0.478 e. The van der Waals surface area contributed by atoms with Crippen molar-refractivity contribution >= 4 is 22.9 Å². The third kappa shape index (κ3) is 5.13. The van der Waals surface area contributed by atoms with Crippen LogP contribution in [0.15, 0.2) is 91.0 Å². The van der Waals surface area contributed by atoms with E-state index < -0.39 is 5.97 Å². The number of hydrogen-bond donors (Lipinski definition) is 2. The van der Waals surface area contributed by atoms with E-state index in [1.165, 1.54) is 18.4 Å². The first-order chi connectivity index (χ1) is 19.4. The van der Waals surface area contributed by atoms with Crippen LogP contribution in [0.4, 0.5) is 0 Å². The predicted octanol–water partition coefficient (Wildman–Crippen LogP) is 7.13. The van der Waals surface area contributed by atoms with Crippen molar-refractivity contribution in [1.29, 1.82) is 0 Å². The summed E-state index contributed by atoms with van der Waals surface area (Å²) in [5.74, 6) is 0.481. The molecule has 40 heavy (non-hydrogen) atoms. The second-order valence-electron chi connectivity index (χ2n) is 10.6. The van der Waals surface area contributed by atoms with Gasteiger partial charge in [-0.1, -0.05) is 66.7 Å². The molecule has 1 fully saturated rings. The van der Waals surface area contributed by atoms with E-state index in [0.717, 1.165) is 33.5 Å². The zero-order valence-corrected chi connectivity index (χ0v) is 22.6. The van der Waals surface area contributed by atoms with Gasteiger partial charge in [-0.05, 0) is 84.7 Å². The lowest BCUT2D eigenvalue weighted by molar-refractivity contribution is 0.0697. The second-order valence-corrected chi connectivity index (χ2v) is 10.6. The van der Waals surface area contributed by atoms with Gasteiger partial charge in [0, 0.05) is 12.1 Å². The number of aromatic nitrogens is 2. The van der Waals surface area contributed by atoms with Gasteiger partial charge in [0.15, 0.2) is 0 Å². The van der Waals surface area contributed by atoms with E-state index >= 15 is 0 Å². The molecule has 0 bridgehead atoms. The molecule has 6 rings (SSSR count). The van der Waals surface area contributed by atoms with Crippen LogP contribution >= 0.6 is 0 Å². The first-order valence-electron chi connectivity index (χ1n) is 13.7. The van der Waals surface area contributed by atoms with Crippen molar-refractivity contribution < 1.29 is 14.7 Å². The van der Waals surface area contributed by atoms with Gasteiger partial charge in [-0.25, -0.2) is 9.78 Å². The van der Waals surface area contributed by atoms with Gasteiger partial charge in [-0.2, -0.15) is 0 Å². The molecule has 5 aromatic rings. The molecule has 1 aliphatic carbocycles. The summed E-state index contributed by atoms with van der Waals surface area (Å²) < 4.78 is 2.13. The third-order valence-electron chi connectivity index (χ3n) is 7.77. The number of hydrogen-bond acceptors (Lipinski definition) is 3. The first kappa shape index (κ1) is 25.6. The van der Waals surface area contributed by atoms with E-state index in [-0.39, 0.29) is 17.5 Å². The highest BCUT2D eigenvalue weighted by molar-refractivity contribution is 5.98. The number of carboxylic acids is 1. The lowest BCUT2D eigenvalue weighted by atomic mass is 9.99. The van der Waals surface area contributed by atoms with Crippen LogP contribution in [-0.2, 0) is 6.54 Å². The van der Waals surface area contributed by atoms with E-state index in [9.17, 15) is 14.7 Å². The minimum atomic E-state index is -0.939. The van der Waals surface area contributed by atoms with Crippen molar-refractivity contribution in [2.24, 2.45) is 0 Å². The highest BCUT2D eigenvalue weighted by Crippen LogP contribution is 2.40. The summed E-state index contributed by atoms with van der Waals surface area (Å²) in [6.45, 7) is 4.60. The Morgan fingerprint density at radius 3 is 2.50 bits per heavy atom. The van der Waals surface area contributed by atoms with Gasteiger partial charge in [-0.15, -0.1) is 0 Å². The van der Waals surface area contributed by atoms with Crippen LogP contribution in [0.5, 0.6) is 0 Å². The molecule has 6 heteroatoms. The maximum Gasteiger partial charge on any atom is 0.336 e. The SMILES string of the molecule is Cc1nc2cc(C(=O)N[C@@H](C)c3cccc(C4CC4)c3)ccc2n1Cc1ccc(-c2ccccc2C(=O)O)cc1. The summed E-state index contributed by atoms with van der Waals surface area (Å²) in [7, 11) is 0. The molecule has 0 unspecified atom stereocenters. The van der Waals surface area contributed by atoms with Crippen molar-refractivity contribution in [1.82, 2.24) is 14.9 Å². The molecule has 1 amide bonds. The van der Waals surface area contributed by atoms with E-state index in [1.54, 1.807) is 12.1 Å². The Kier molecular flexibility index (Phi) is 6.68. The summed E-state index contributed by atoms with van der Waals surface area (Å²) in [6, 6.07) is 29.1. The highest BCUT2D eigenvalue weighted by Gasteiger charge is 2.24. The second kappa shape index (κ2) is 10.5. The minimum absolute atomic E-state index is 0.0911. The highest BCUT2D eigenvalue weighted by atomic mass is 16.4. The zero-order valence-electron chi connectivity index (χ0n) is 22.6. The molecule has 6 nitrogen and oxygen atoms in total. The average Bonchev–Trinajstić information content (AvgIpc) is 3.78. The van der Waals surface area contributed by atoms with Gasteiger partial charge in [-0.3, -0.25) is 4.79 Å². The van der Waals surface area contributed by atoms with Crippen LogP contribution in [0, 0.1) is 6.92 Å².